The van der Waals surface area contributed by atoms with Gasteiger partial charge in [0.15, 0.2) is 0 Å². The zero-order valence-electron chi connectivity index (χ0n) is 15.9. The van der Waals surface area contributed by atoms with E-state index >= 15 is 0 Å². The fraction of sp³-hybridized carbons (Fsp3) is 0.409. The van der Waals surface area contributed by atoms with Crippen molar-refractivity contribution >= 4 is 17.0 Å². The Morgan fingerprint density at radius 3 is 2.85 bits per heavy atom. The van der Waals surface area contributed by atoms with Crippen LogP contribution in [0.2, 0.25) is 0 Å². The number of pyridine rings is 1. The molecule has 27 heavy (non-hydrogen) atoms. The molecular formula is C22H25N3O2. The van der Waals surface area contributed by atoms with E-state index in [4.69, 9.17) is 4.52 Å². The van der Waals surface area contributed by atoms with Gasteiger partial charge in [0.05, 0.1) is 16.6 Å². The molecule has 0 spiro atoms. The first kappa shape index (κ1) is 17.7. The largest absolute Gasteiger partial charge is 0.336 e. The van der Waals surface area contributed by atoms with Gasteiger partial charge in [-0.1, -0.05) is 43.3 Å². The highest BCUT2D eigenvalue weighted by molar-refractivity contribution is 5.97. The minimum absolute atomic E-state index is 0.0545. The molecule has 0 aliphatic heterocycles. The average molecular weight is 363 g/mol. The van der Waals surface area contributed by atoms with E-state index in [1.54, 1.807) is 6.20 Å². The number of aryl methyl sites for hydroxylation is 2. The molecule has 5 nitrogen and oxygen atoms in total. The molecule has 2 heterocycles. The van der Waals surface area contributed by atoms with E-state index in [2.05, 4.69) is 41.3 Å². The van der Waals surface area contributed by atoms with E-state index in [0.29, 0.717) is 11.3 Å². The maximum absolute atomic E-state index is 13.3. The van der Waals surface area contributed by atoms with Crippen LogP contribution in [0.25, 0.3) is 11.1 Å². The summed E-state index contributed by atoms with van der Waals surface area (Å²) in [6.45, 7) is 4.90. The molecule has 0 fully saturated rings. The maximum atomic E-state index is 13.3. The molecule has 1 aliphatic carbocycles. The van der Waals surface area contributed by atoms with Crippen molar-refractivity contribution < 1.29 is 9.32 Å². The van der Waals surface area contributed by atoms with Gasteiger partial charge < -0.3 is 9.42 Å². The number of carbonyl (C=O) groups is 1. The molecule has 1 aliphatic rings. The van der Waals surface area contributed by atoms with Crippen LogP contribution in [-0.4, -0.2) is 33.5 Å². The summed E-state index contributed by atoms with van der Waals surface area (Å²) in [6, 6.07) is 10.7. The lowest BCUT2D eigenvalue weighted by Crippen LogP contribution is -2.44. The van der Waals surface area contributed by atoms with Crippen molar-refractivity contribution in [3.63, 3.8) is 0 Å². The van der Waals surface area contributed by atoms with Crippen LogP contribution in [-0.2, 0) is 19.3 Å². The quantitative estimate of drug-likeness (QED) is 0.682. The first-order valence-corrected chi connectivity index (χ1v) is 9.83. The minimum atomic E-state index is 0.0545. The van der Waals surface area contributed by atoms with Crippen LogP contribution in [0.5, 0.6) is 0 Å². The number of aromatic nitrogens is 2. The Kier molecular flexibility index (Phi) is 4.92. The maximum Gasteiger partial charge on any atom is 0.257 e. The number of fused-ring (bicyclic) bond motifs is 2. The second-order valence-electron chi connectivity index (χ2n) is 7.22. The van der Waals surface area contributed by atoms with Crippen LogP contribution in [0.1, 0.15) is 53.9 Å². The van der Waals surface area contributed by atoms with Crippen molar-refractivity contribution in [3.8, 4) is 0 Å². The predicted octanol–water partition coefficient (Wildman–Crippen LogP) is 4.19. The second-order valence-corrected chi connectivity index (χ2v) is 7.22. The summed E-state index contributed by atoms with van der Waals surface area (Å²) in [5.41, 5.74) is 4.74. The zero-order valence-corrected chi connectivity index (χ0v) is 15.9. The van der Waals surface area contributed by atoms with Gasteiger partial charge >= 0.3 is 0 Å². The van der Waals surface area contributed by atoms with Crippen molar-refractivity contribution in [2.24, 2.45) is 0 Å². The van der Waals surface area contributed by atoms with Gasteiger partial charge in [0, 0.05) is 18.8 Å². The Hall–Kier alpha value is -2.69. The zero-order chi connectivity index (χ0) is 18.8. The molecule has 1 aromatic carbocycles. The first-order chi connectivity index (χ1) is 13.2. The standard InChI is InChI=1S/C22H25N3O2/c1-3-11-25(18-10-9-15-7-5-6-8-16(15)12-18)22(26)17-13-19-20(4-2)24-27-21(19)23-14-17/h5-8,13-14,18H,3-4,9-12H2,1-2H3. The average Bonchev–Trinajstić information content (AvgIpc) is 3.13. The van der Waals surface area contributed by atoms with E-state index in [0.717, 1.165) is 49.7 Å². The summed E-state index contributed by atoms with van der Waals surface area (Å²) in [7, 11) is 0. The highest BCUT2D eigenvalue weighted by Gasteiger charge is 2.28. The minimum Gasteiger partial charge on any atom is -0.336 e. The van der Waals surface area contributed by atoms with Gasteiger partial charge in [0.2, 0.25) is 0 Å². The van der Waals surface area contributed by atoms with E-state index in [1.165, 1.54) is 11.1 Å². The predicted molar refractivity (Wildman–Crippen MR) is 105 cm³/mol. The van der Waals surface area contributed by atoms with Gasteiger partial charge in [-0.15, -0.1) is 0 Å². The normalized spacial score (nSPS) is 16.3. The highest BCUT2D eigenvalue weighted by Crippen LogP contribution is 2.26. The van der Waals surface area contributed by atoms with Gasteiger partial charge in [-0.2, -0.15) is 0 Å². The summed E-state index contributed by atoms with van der Waals surface area (Å²) in [5, 5.41) is 4.89. The Morgan fingerprint density at radius 2 is 2.07 bits per heavy atom. The third-order valence-corrected chi connectivity index (χ3v) is 5.47. The molecule has 5 heteroatoms. The molecule has 1 amide bonds. The van der Waals surface area contributed by atoms with Gasteiger partial charge in [0.25, 0.3) is 11.6 Å². The molecule has 2 aromatic heterocycles. The molecule has 0 saturated carbocycles. The van der Waals surface area contributed by atoms with Crippen molar-refractivity contribution in [1.29, 1.82) is 0 Å². The summed E-state index contributed by atoms with van der Waals surface area (Å²) < 4.78 is 5.25. The smallest absolute Gasteiger partial charge is 0.257 e. The van der Waals surface area contributed by atoms with Gasteiger partial charge in [0.1, 0.15) is 0 Å². The molecule has 4 rings (SSSR count). The van der Waals surface area contributed by atoms with E-state index in [9.17, 15) is 4.79 Å². The number of benzene rings is 1. The third kappa shape index (κ3) is 3.34. The van der Waals surface area contributed by atoms with Crippen molar-refractivity contribution in [2.45, 2.75) is 52.0 Å². The van der Waals surface area contributed by atoms with Gasteiger partial charge in [-0.05, 0) is 49.3 Å². The first-order valence-electron chi connectivity index (χ1n) is 9.83. The number of hydrogen-bond donors (Lipinski definition) is 0. The molecule has 0 radical (unpaired) electrons. The summed E-state index contributed by atoms with van der Waals surface area (Å²) in [4.78, 5) is 19.7. The van der Waals surface area contributed by atoms with E-state index in [-0.39, 0.29) is 11.9 Å². The van der Waals surface area contributed by atoms with Crippen LogP contribution in [0.3, 0.4) is 0 Å². The number of carbonyl (C=O) groups excluding carboxylic acids is 1. The Morgan fingerprint density at radius 1 is 1.26 bits per heavy atom. The Bertz CT molecular complexity index is 963. The van der Waals surface area contributed by atoms with Crippen LogP contribution < -0.4 is 0 Å². The SMILES string of the molecule is CCCN(C(=O)c1cnc2onc(CC)c2c1)C1CCc2ccccc2C1. The van der Waals surface area contributed by atoms with Crippen molar-refractivity contribution in [1.82, 2.24) is 15.0 Å². The number of hydrogen-bond acceptors (Lipinski definition) is 4. The summed E-state index contributed by atoms with van der Waals surface area (Å²) >= 11 is 0. The molecule has 0 bridgehead atoms. The van der Waals surface area contributed by atoms with Crippen LogP contribution in [0.4, 0.5) is 0 Å². The lowest BCUT2D eigenvalue weighted by molar-refractivity contribution is 0.0661. The summed E-state index contributed by atoms with van der Waals surface area (Å²) in [5.74, 6) is 0.0545. The summed E-state index contributed by atoms with van der Waals surface area (Å²) in [6.07, 6.45) is 6.26. The molecule has 3 aromatic rings. The van der Waals surface area contributed by atoms with E-state index < -0.39 is 0 Å². The molecular weight excluding hydrogens is 338 g/mol. The number of amides is 1. The molecule has 140 valence electrons. The lowest BCUT2D eigenvalue weighted by atomic mass is 9.87. The lowest BCUT2D eigenvalue weighted by Gasteiger charge is -2.35. The Balaban J connectivity index is 1.63. The fourth-order valence-electron chi connectivity index (χ4n) is 4.05. The van der Waals surface area contributed by atoms with Crippen LogP contribution in [0.15, 0.2) is 41.1 Å². The van der Waals surface area contributed by atoms with E-state index in [1.807, 2.05) is 17.9 Å². The van der Waals surface area contributed by atoms with Crippen molar-refractivity contribution in [2.75, 3.05) is 6.54 Å². The number of rotatable bonds is 5. The highest BCUT2D eigenvalue weighted by atomic mass is 16.5. The fourth-order valence-corrected chi connectivity index (χ4v) is 4.05. The molecule has 1 atom stereocenters. The van der Waals surface area contributed by atoms with Crippen molar-refractivity contribution in [3.05, 3.63) is 58.9 Å². The van der Waals surface area contributed by atoms with Crippen LogP contribution in [0, 0.1) is 0 Å². The molecule has 1 unspecified atom stereocenters. The Labute approximate surface area is 159 Å². The number of nitrogens with zero attached hydrogens (tertiary/aromatic N) is 3. The van der Waals surface area contributed by atoms with Gasteiger partial charge in [-0.3, -0.25) is 4.79 Å². The third-order valence-electron chi connectivity index (χ3n) is 5.47. The van der Waals surface area contributed by atoms with Crippen LogP contribution >= 0.6 is 0 Å². The monoisotopic (exact) mass is 363 g/mol. The topological polar surface area (TPSA) is 59.2 Å². The second kappa shape index (κ2) is 7.51. The van der Waals surface area contributed by atoms with Gasteiger partial charge in [-0.25, -0.2) is 4.98 Å². The molecule has 0 saturated heterocycles. The molecule has 0 N–H and O–H groups in total.